The minimum Gasteiger partial charge on any atom is -0.461 e. The van der Waals surface area contributed by atoms with E-state index in [2.05, 4.69) is 15.6 Å². The van der Waals surface area contributed by atoms with Crippen LogP contribution in [0.3, 0.4) is 0 Å². The summed E-state index contributed by atoms with van der Waals surface area (Å²) in [6.07, 6.45) is -3.66. The van der Waals surface area contributed by atoms with Crippen LogP contribution in [-0.4, -0.2) is 64.6 Å². The Hall–Kier alpha value is -7.00. The molecule has 3 N–H and O–H groups in total. The number of rotatable bonds is 16. The van der Waals surface area contributed by atoms with Crippen LogP contribution in [0.25, 0.3) is 0 Å². The number of ether oxygens (including phenoxy) is 5. The Morgan fingerprint density at radius 1 is 0.678 bits per heavy atom. The highest BCUT2D eigenvalue weighted by atomic mass is 16.6. The molecule has 1 aromatic heterocycles. The smallest absolute Gasteiger partial charge is 0.408 e. The molecular weight excluding hydrogens is 761 g/mol. The summed E-state index contributed by atoms with van der Waals surface area (Å²) in [6.45, 7) is 0.983. The van der Waals surface area contributed by atoms with Gasteiger partial charge in [-0.15, -0.1) is 0 Å². The fraction of sp³-hybridized carbons (Fsp3) is 0.273. The largest absolute Gasteiger partial charge is 0.461 e. The number of carbonyl (C=O) groups excluding carboxylic acids is 4. The van der Waals surface area contributed by atoms with Gasteiger partial charge in [-0.25, -0.2) is 24.0 Å². The van der Waals surface area contributed by atoms with Gasteiger partial charge in [-0.3, -0.25) is 14.3 Å². The summed E-state index contributed by atoms with van der Waals surface area (Å²) in [5.74, 6) is -1.67. The summed E-state index contributed by atoms with van der Waals surface area (Å²) in [5, 5.41) is 5.20. The fourth-order valence-electron chi connectivity index (χ4n) is 6.34. The molecule has 59 heavy (non-hydrogen) atoms. The predicted octanol–water partition coefficient (Wildman–Crippen LogP) is 4.66. The Morgan fingerprint density at radius 3 is 1.63 bits per heavy atom. The van der Waals surface area contributed by atoms with Crippen molar-refractivity contribution in [2.24, 2.45) is 0 Å². The normalized spacial score (nSPS) is 16.9. The van der Waals surface area contributed by atoms with Gasteiger partial charge in [-0.1, -0.05) is 121 Å². The van der Waals surface area contributed by atoms with Gasteiger partial charge in [-0.05, 0) is 29.2 Å². The maximum atomic E-state index is 14.0. The molecule has 1 saturated heterocycles. The minimum atomic E-state index is -1.22. The second kappa shape index (κ2) is 20.4. The van der Waals surface area contributed by atoms with Crippen molar-refractivity contribution in [2.75, 3.05) is 6.61 Å². The summed E-state index contributed by atoms with van der Waals surface area (Å²) in [6, 6.07) is 33.6. The number of benzene rings is 4. The number of nitrogens with one attached hydrogen (secondary N) is 3. The van der Waals surface area contributed by atoms with Crippen LogP contribution in [0.1, 0.15) is 40.5 Å². The maximum absolute atomic E-state index is 14.0. The zero-order chi connectivity index (χ0) is 41.6. The lowest BCUT2D eigenvalue weighted by atomic mass is 10.1. The standard InChI is InChI=1S/C44H44N4O11/c1-29-25-48(42(52)47-39(29)49)38-24-36(59-41(51)35(23-31-16-8-3-9-17-31)46-44(54)57-27-33-20-12-5-13-21-33)37(58-38)28-55-40(50)34(22-30-14-6-2-7-15-30)45-43(53)56-26-32-18-10-4-11-19-32/h2-21,25,34-38H,22-24,26-28H2,1H3,(H,45,53)(H,46,54)(H,47,49,52). The lowest BCUT2D eigenvalue weighted by Crippen LogP contribution is -2.46. The van der Waals surface area contributed by atoms with Crippen molar-refractivity contribution in [3.05, 3.63) is 176 Å². The van der Waals surface area contributed by atoms with E-state index < -0.39 is 72.5 Å². The molecule has 1 aliphatic heterocycles. The van der Waals surface area contributed by atoms with Gasteiger partial charge >= 0.3 is 29.8 Å². The van der Waals surface area contributed by atoms with Gasteiger partial charge in [-0.2, -0.15) is 0 Å². The first-order valence-corrected chi connectivity index (χ1v) is 19.0. The number of alkyl carbamates (subject to hydrolysis) is 2. The number of hydrogen-bond donors (Lipinski definition) is 3. The van der Waals surface area contributed by atoms with E-state index in [9.17, 15) is 28.8 Å². The van der Waals surface area contributed by atoms with E-state index in [0.717, 1.165) is 26.8 Å². The molecule has 306 valence electrons. The van der Waals surface area contributed by atoms with Gasteiger partial charge < -0.3 is 34.3 Å². The molecule has 1 fully saturated rings. The number of aromatic amines is 1. The molecular formula is C44H44N4O11. The summed E-state index contributed by atoms with van der Waals surface area (Å²) in [5.41, 5.74) is 1.83. The Balaban J connectivity index is 1.18. The molecule has 15 nitrogen and oxygen atoms in total. The van der Waals surface area contributed by atoms with Gasteiger partial charge in [0.1, 0.15) is 50.3 Å². The highest BCUT2D eigenvalue weighted by Crippen LogP contribution is 2.31. The Labute approximate surface area is 339 Å². The monoisotopic (exact) mass is 804 g/mol. The van der Waals surface area contributed by atoms with E-state index in [1.807, 2.05) is 36.4 Å². The van der Waals surface area contributed by atoms with E-state index >= 15 is 0 Å². The number of H-pyrrole nitrogens is 1. The molecule has 0 spiro atoms. The first-order chi connectivity index (χ1) is 28.6. The number of aryl methyl sites for hydroxylation is 1. The Kier molecular flexibility index (Phi) is 14.4. The fourth-order valence-corrected chi connectivity index (χ4v) is 6.34. The molecule has 5 atom stereocenters. The van der Waals surface area contributed by atoms with Crippen LogP contribution in [0.2, 0.25) is 0 Å². The van der Waals surface area contributed by atoms with Crippen LogP contribution >= 0.6 is 0 Å². The average Bonchev–Trinajstić information content (AvgIpc) is 3.65. The highest BCUT2D eigenvalue weighted by molar-refractivity contribution is 5.82. The van der Waals surface area contributed by atoms with Crippen LogP contribution in [0.4, 0.5) is 9.59 Å². The number of aromatic nitrogens is 2. The second-order valence-electron chi connectivity index (χ2n) is 13.8. The van der Waals surface area contributed by atoms with Crippen molar-refractivity contribution in [3.8, 4) is 0 Å². The third-order valence-electron chi connectivity index (χ3n) is 9.44. The van der Waals surface area contributed by atoms with Gasteiger partial charge in [0.15, 0.2) is 0 Å². The van der Waals surface area contributed by atoms with Crippen molar-refractivity contribution in [1.82, 2.24) is 20.2 Å². The predicted molar refractivity (Wildman–Crippen MR) is 213 cm³/mol. The van der Waals surface area contributed by atoms with Crippen molar-refractivity contribution in [2.45, 2.75) is 69.9 Å². The topological polar surface area (TPSA) is 193 Å². The zero-order valence-corrected chi connectivity index (χ0v) is 32.2. The molecule has 15 heteroatoms. The lowest BCUT2D eigenvalue weighted by molar-refractivity contribution is -0.160. The van der Waals surface area contributed by atoms with Gasteiger partial charge in [0.05, 0.1) is 0 Å². The molecule has 0 saturated carbocycles. The van der Waals surface area contributed by atoms with E-state index in [1.54, 1.807) is 84.9 Å². The third kappa shape index (κ3) is 12.2. The molecule has 0 bridgehead atoms. The minimum absolute atomic E-state index is 0.0292. The molecule has 5 unspecified atom stereocenters. The molecule has 2 amide bonds. The zero-order valence-electron chi connectivity index (χ0n) is 32.2. The second-order valence-corrected chi connectivity index (χ2v) is 13.8. The maximum Gasteiger partial charge on any atom is 0.408 e. The first-order valence-electron chi connectivity index (χ1n) is 19.0. The number of nitrogens with zero attached hydrogens (tertiary/aromatic N) is 1. The molecule has 1 aliphatic rings. The van der Waals surface area contributed by atoms with Crippen molar-refractivity contribution in [3.63, 3.8) is 0 Å². The number of carbonyl (C=O) groups is 4. The quantitative estimate of drug-likeness (QED) is 0.0928. The van der Waals surface area contributed by atoms with Crippen LogP contribution in [-0.2, 0) is 59.3 Å². The van der Waals surface area contributed by atoms with E-state index in [4.69, 9.17) is 23.7 Å². The average molecular weight is 805 g/mol. The highest BCUT2D eigenvalue weighted by Gasteiger charge is 2.42. The van der Waals surface area contributed by atoms with Gasteiger partial charge in [0.25, 0.3) is 5.56 Å². The first kappa shape index (κ1) is 41.6. The number of amides is 2. The van der Waals surface area contributed by atoms with E-state index in [0.29, 0.717) is 0 Å². The van der Waals surface area contributed by atoms with Gasteiger partial charge in [0, 0.05) is 31.0 Å². The van der Waals surface area contributed by atoms with Crippen molar-refractivity contribution < 1.29 is 42.9 Å². The lowest BCUT2D eigenvalue weighted by Gasteiger charge is -2.24. The van der Waals surface area contributed by atoms with Crippen molar-refractivity contribution >= 4 is 24.1 Å². The third-order valence-corrected chi connectivity index (χ3v) is 9.44. The Morgan fingerprint density at radius 2 is 1.14 bits per heavy atom. The molecule has 4 aromatic carbocycles. The SMILES string of the molecule is Cc1cn(C2CC(OC(=O)C(Cc3ccccc3)NC(=O)OCc3ccccc3)C(COC(=O)C(Cc3ccccc3)NC(=O)OCc3ccccc3)O2)c(=O)[nH]c1=O. The van der Waals surface area contributed by atoms with E-state index in [1.165, 1.54) is 13.1 Å². The molecule has 2 heterocycles. The van der Waals surface area contributed by atoms with E-state index in [-0.39, 0.29) is 38.0 Å². The molecule has 6 rings (SSSR count). The van der Waals surface area contributed by atoms with Crippen LogP contribution < -0.4 is 21.9 Å². The molecule has 5 aromatic rings. The summed E-state index contributed by atoms with van der Waals surface area (Å²) in [4.78, 5) is 80.9. The molecule has 0 aliphatic carbocycles. The van der Waals surface area contributed by atoms with Crippen LogP contribution in [0.5, 0.6) is 0 Å². The van der Waals surface area contributed by atoms with Crippen LogP contribution in [0, 0.1) is 6.92 Å². The van der Waals surface area contributed by atoms with Gasteiger partial charge in [0.2, 0.25) is 0 Å². The summed E-state index contributed by atoms with van der Waals surface area (Å²) >= 11 is 0. The molecule has 0 radical (unpaired) electrons. The summed E-state index contributed by atoms with van der Waals surface area (Å²) in [7, 11) is 0. The Bertz CT molecular complexity index is 2290. The number of hydrogen-bond acceptors (Lipinski definition) is 11. The van der Waals surface area contributed by atoms with Crippen LogP contribution in [0.15, 0.2) is 137 Å². The number of esters is 2. The summed E-state index contributed by atoms with van der Waals surface area (Å²) < 4.78 is 29.8. The van der Waals surface area contributed by atoms with Crippen molar-refractivity contribution in [1.29, 1.82) is 0 Å².